The van der Waals surface area contributed by atoms with Crippen LogP contribution in [0.3, 0.4) is 0 Å². The second kappa shape index (κ2) is 2.86. The first-order valence-corrected chi connectivity index (χ1v) is 3.64. The van der Waals surface area contributed by atoms with Crippen LogP contribution < -0.4 is 0 Å². The molecule has 0 N–H and O–H groups in total. The van der Waals surface area contributed by atoms with Gasteiger partial charge in [0.2, 0.25) is 0 Å². The molecular formula is C8H12O2. The van der Waals surface area contributed by atoms with Crippen LogP contribution in [0.2, 0.25) is 0 Å². The van der Waals surface area contributed by atoms with Crippen molar-refractivity contribution in [3.05, 3.63) is 11.6 Å². The van der Waals surface area contributed by atoms with Crippen molar-refractivity contribution in [2.75, 3.05) is 0 Å². The van der Waals surface area contributed by atoms with Gasteiger partial charge in [0.15, 0.2) is 0 Å². The van der Waals surface area contributed by atoms with Crippen LogP contribution in [0.15, 0.2) is 11.6 Å². The highest BCUT2D eigenvalue weighted by molar-refractivity contribution is 5.90. The van der Waals surface area contributed by atoms with E-state index >= 15 is 0 Å². The third-order valence-electron chi connectivity index (χ3n) is 1.53. The van der Waals surface area contributed by atoms with E-state index in [1.54, 1.807) is 0 Å². The van der Waals surface area contributed by atoms with Gasteiger partial charge in [0.25, 0.3) is 0 Å². The highest BCUT2D eigenvalue weighted by atomic mass is 16.5. The Bertz CT molecular complexity index is 170. The first-order chi connectivity index (χ1) is 4.74. The molecule has 0 spiro atoms. The monoisotopic (exact) mass is 140 g/mol. The van der Waals surface area contributed by atoms with Crippen LogP contribution >= 0.6 is 0 Å². The average Bonchev–Trinajstić information content (AvgIpc) is 2.13. The minimum atomic E-state index is -0.130. The van der Waals surface area contributed by atoms with Crippen molar-refractivity contribution in [2.24, 2.45) is 0 Å². The Hall–Kier alpha value is -0.790. The van der Waals surface area contributed by atoms with Gasteiger partial charge in [-0.3, -0.25) is 0 Å². The summed E-state index contributed by atoms with van der Waals surface area (Å²) in [7, 11) is 0. The van der Waals surface area contributed by atoms with Gasteiger partial charge in [-0.05, 0) is 13.3 Å². The van der Waals surface area contributed by atoms with E-state index in [4.69, 9.17) is 4.74 Å². The summed E-state index contributed by atoms with van der Waals surface area (Å²) in [5.41, 5.74) is 0.843. The highest BCUT2D eigenvalue weighted by Gasteiger charge is 2.24. The maximum absolute atomic E-state index is 10.9. The molecule has 0 bridgehead atoms. The summed E-state index contributed by atoms with van der Waals surface area (Å²) in [5.74, 6) is -0.130. The molecule has 1 fully saturated rings. The van der Waals surface area contributed by atoms with Gasteiger partial charge in [-0.2, -0.15) is 0 Å². The zero-order chi connectivity index (χ0) is 7.56. The number of cyclic esters (lactones) is 1. The van der Waals surface area contributed by atoms with Gasteiger partial charge in [-0.1, -0.05) is 13.0 Å². The van der Waals surface area contributed by atoms with Crippen molar-refractivity contribution < 1.29 is 9.53 Å². The lowest BCUT2D eigenvalue weighted by Gasteiger charge is -1.94. The molecule has 1 saturated heterocycles. The fraction of sp³-hybridized carbons (Fsp3) is 0.625. The number of carbonyl (C=O) groups is 1. The summed E-state index contributed by atoms with van der Waals surface area (Å²) in [6.07, 6.45) is 3.72. The zero-order valence-electron chi connectivity index (χ0n) is 6.39. The van der Waals surface area contributed by atoms with Crippen molar-refractivity contribution in [2.45, 2.75) is 32.8 Å². The molecule has 2 nitrogen and oxygen atoms in total. The molecule has 1 aliphatic rings. The number of esters is 1. The van der Waals surface area contributed by atoms with E-state index in [2.05, 4.69) is 0 Å². The molecule has 0 aromatic heterocycles. The van der Waals surface area contributed by atoms with Crippen molar-refractivity contribution in [1.29, 1.82) is 0 Å². The van der Waals surface area contributed by atoms with Gasteiger partial charge in [0.05, 0.1) is 0 Å². The van der Waals surface area contributed by atoms with Crippen LogP contribution in [0, 0.1) is 0 Å². The summed E-state index contributed by atoms with van der Waals surface area (Å²) in [6, 6.07) is 0. The molecule has 0 amide bonds. The Morgan fingerprint density at radius 2 is 2.50 bits per heavy atom. The zero-order valence-corrected chi connectivity index (χ0v) is 6.39. The molecule has 1 atom stereocenters. The predicted molar refractivity (Wildman–Crippen MR) is 38.5 cm³/mol. The maximum atomic E-state index is 10.9. The van der Waals surface area contributed by atoms with Crippen molar-refractivity contribution in [1.82, 2.24) is 0 Å². The summed E-state index contributed by atoms with van der Waals surface area (Å²) >= 11 is 0. The van der Waals surface area contributed by atoms with E-state index < -0.39 is 0 Å². The molecule has 0 unspecified atom stereocenters. The third kappa shape index (κ3) is 1.38. The third-order valence-corrected chi connectivity index (χ3v) is 1.53. The average molecular weight is 140 g/mol. The van der Waals surface area contributed by atoms with Crippen LogP contribution in [-0.2, 0) is 9.53 Å². The van der Waals surface area contributed by atoms with Crippen LogP contribution in [0.4, 0.5) is 0 Å². The molecule has 0 aromatic rings. The van der Waals surface area contributed by atoms with Crippen molar-refractivity contribution in [3.63, 3.8) is 0 Å². The van der Waals surface area contributed by atoms with Crippen LogP contribution in [0.25, 0.3) is 0 Å². The fourth-order valence-corrected chi connectivity index (χ4v) is 1.11. The number of allylic oxidation sites excluding steroid dienone is 1. The van der Waals surface area contributed by atoms with E-state index in [1.807, 2.05) is 19.9 Å². The number of rotatable bonds is 1. The largest absolute Gasteiger partial charge is 0.459 e. The first-order valence-electron chi connectivity index (χ1n) is 3.64. The van der Waals surface area contributed by atoms with Crippen molar-refractivity contribution >= 4 is 5.97 Å². The molecule has 56 valence electrons. The fourth-order valence-electron chi connectivity index (χ4n) is 1.11. The van der Waals surface area contributed by atoms with E-state index in [1.165, 1.54) is 0 Å². The molecule has 0 radical (unpaired) electrons. The summed E-state index contributed by atoms with van der Waals surface area (Å²) in [4.78, 5) is 10.9. The molecule has 10 heavy (non-hydrogen) atoms. The SMILES string of the molecule is CC/C=C1\C[C@H](C)OC1=O. The lowest BCUT2D eigenvalue weighted by atomic mass is 10.1. The molecule has 1 rings (SSSR count). The van der Waals surface area contributed by atoms with Gasteiger partial charge in [0, 0.05) is 12.0 Å². The number of hydrogen-bond donors (Lipinski definition) is 0. The van der Waals surface area contributed by atoms with Crippen LogP contribution in [0.1, 0.15) is 26.7 Å². The normalized spacial score (nSPS) is 29.2. The lowest BCUT2D eigenvalue weighted by molar-refractivity contribution is -0.138. The maximum Gasteiger partial charge on any atom is 0.334 e. The number of carbonyl (C=O) groups excluding carboxylic acids is 1. The van der Waals surface area contributed by atoms with E-state index in [0.717, 1.165) is 18.4 Å². The Balaban J connectivity index is 2.63. The Kier molecular flexibility index (Phi) is 2.10. The summed E-state index contributed by atoms with van der Waals surface area (Å²) in [6.45, 7) is 3.93. The smallest absolute Gasteiger partial charge is 0.334 e. The second-order valence-electron chi connectivity index (χ2n) is 2.56. The van der Waals surface area contributed by atoms with Gasteiger partial charge >= 0.3 is 5.97 Å². The van der Waals surface area contributed by atoms with E-state index in [0.29, 0.717) is 0 Å². The molecule has 2 heteroatoms. The predicted octanol–water partition coefficient (Wildman–Crippen LogP) is 1.66. The molecule has 0 aliphatic carbocycles. The Morgan fingerprint density at radius 1 is 1.80 bits per heavy atom. The summed E-state index contributed by atoms with van der Waals surface area (Å²) < 4.78 is 4.92. The van der Waals surface area contributed by atoms with Gasteiger partial charge in [0.1, 0.15) is 6.10 Å². The lowest BCUT2D eigenvalue weighted by Crippen LogP contribution is -1.99. The van der Waals surface area contributed by atoms with E-state index in [9.17, 15) is 4.79 Å². The quantitative estimate of drug-likeness (QED) is 0.409. The molecule has 0 aromatic carbocycles. The second-order valence-corrected chi connectivity index (χ2v) is 2.56. The molecular weight excluding hydrogens is 128 g/mol. The van der Waals surface area contributed by atoms with Crippen LogP contribution in [0.5, 0.6) is 0 Å². The summed E-state index contributed by atoms with van der Waals surface area (Å²) in [5, 5.41) is 0. The number of ether oxygens (including phenoxy) is 1. The van der Waals surface area contributed by atoms with E-state index in [-0.39, 0.29) is 12.1 Å². The Morgan fingerprint density at radius 3 is 2.90 bits per heavy atom. The first kappa shape index (κ1) is 7.32. The standard InChI is InChI=1S/C8H12O2/c1-3-4-7-5-6(2)10-8(7)9/h4,6H,3,5H2,1-2H3/b7-4+/t6-/m0/s1. The minimum Gasteiger partial charge on any atom is -0.459 e. The minimum absolute atomic E-state index is 0.0882. The molecule has 0 saturated carbocycles. The molecule has 1 heterocycles. The topological polar surface area (TPSA) is 26.3 Å². The van der Waals surface area contributed by atoms with Gasteiger partial charge < -0.3 is 4.74 Å². The van der Waals surface area contributed by atoms with Crippen LogP contribution in [-0.4, -0.2) is 12.1 Å². The Labute approximate surface area is 60.9 Å². The number of hydrogen-bond acceptors (Lipinski definition) is 2. The van der Waals surface area contributed by atoms with Gasteiger partial charge in [-0.25, -0.2) is 4.79 Å². The highest BCUT2D eigenvalue weighted by Crippen LogP contribution is 2.19. The molecule has 1 aliphatic heterocycles. The van der Waals surface area contributed by atoms with Gasteiger partial charge in [-0.15, -0.1) is 0 Å². The van der Waals surface area contributed by atoms with Crippen molar-refractivity contribution in [3.8, 4) is 0 Å².